The fourth-order valence-corrected chi connectivity index (χ4v) is 3.00. The highest BCUT2D eigenvalue weighted by molar-refractivity contribution is 6.21. The summed E-state index contributed by atoms with van der Waals surface area (Å²) >= 11 is 0. The largest absolute Gasteiger partial charge is 0.288 e. The van der Waals surface area contributed by atoms with Crippen LogP contribution in [0.2, 0.25) is 0 Å². The standard InChI is InChI=1S/C18H11N7O2/c26-16-12-7-6-11(8-13(12)17(27)21-16)25(10-4-2-1-3-5-10)18-19-9-14-15(20-18)23-24-22-14/h1-9H,(H,21,26,27)(H,19,20,22,23,24). The van der Waals surface area contributed by atoms with E-state index in [2.05, 4.69) is 30.7 Å². The van der Waals surface area contributed by atoms with Crippen LogP contribution in [0.5, 0.6) is 0 Å². The second kappa shape index (κ2) is 5.70. The van der Waals surface area contributed by atoms with Crippen LogP contribution < -0.4 is 10.2 Å². The zero-order chi connectivity index (χ0) is 18.4. The molecule has 27 heavy (non-hydrogen) atoms. The molecule has 0 bridgehead atoms. The van der Waals surface area contributed by atoms with E-state index in [1.165, 1.54) is 0 Å². The number of rotatable bonds is 3. The molecule has 2 aromatic carbocycles. The monoisotopic (exact) mass is 357 g/mol. The first-order valence-electron chi connectivity index (χ1n) is 8.09. The van der Waals surface area contributed by atoms with Gasteiger partial charge < -0.3 is 0 Å². The van der Waals surface area contributed by atoms with E-state index in [1.807, 2.05) is 30.3 Å². The number of H-pyrrole nitrogens is 1. The van der Waals surface area contributed by atoms with Crippen molar-refractivity contribution in [3.63, 3.8) is 0 Å². The normalized spacial score (nSPS) is 12.9. The summed E-state index contributed by atoms with van der Waals surface area (Å²) < 4.78 is 0. The first kappa shape index (κ1) is 15.1. The SMILES string of the molecule is O=C1NC(=O)c2cc(N(c3ccccc3)c3ncc4n[nH]nc4n3)ccc21. The molecule has 0 atom stereocenters. The fourth-order valence-electron chi connectivity index (χ4n) is 3.00. The zero-order valence-electron chi connectivity index (χ0n) is 13.7. The Morgan fingerprint density at radius 3 is 2.52 bits per heavy atom. The van der Waals surface area contributed by atoms with Gasteiger partial charge in [-0.05, 0) is 30.3 Å². The van der Waals surface area contributed by atoms with E-state index in [9.17, 15) is 9.59 Å². The predicted molar refractivity (Wildman–Crippen MR) is 96.0 cm³/mol. The number of amides is 2. The summed E-state index contributed by atoms with van der Waals surface area (Å²) in [7, 11) is 0. The molecule has 2 amide bonds. The number of anilines is 3. The molecule has 4 aromatic rings. The Bertz CT molecular complexity index is 1200. The number of nitrogens with one attached hydrogen (secondary N) is 2. The summed E-state index contributed by atoms with van der Waals surface area (Å²) in [5.41, 5.74) is 3.09. The zero-order valence-corrected chi connectivity index (χ0v) is 13.7. The minimum atomic E-state index is -0.419. The Kier molecular flexibility index (Phi) is 3.20. The molecule has 5 rings (SSSR count). The number of nitrogens with zero attached hydrogens (tertiary/aromatic N) is 5. The Balaban J connectivity index is 1.70. The smallest absolute Gasteiger partial charge is 0.259 e. The Morgan fingerprint density at radius 1 is 0.852 bits per heavy atom. The first-order valence-corrected chi connectivity index (χ1v) is 8.09. The van der Waals surface area contributed by atoms with Gasteiger partial charge in [0.25, 0.3) is 11.8 Å². The van der Waals surface area contributed by atoms with Crippen LogP contribution >= 0.6 is 0 Å². The van der Waals surface area contributed by atoms with Crippen molar-refractivity contribution in [1.82, 2.24) is 30.7 Å². The molecule has 0 spiro atoms. The maximum absolute atomic E-state index is 12.1. The number of fused-ring (bicyclic) bond motifs is 2. The van der Waals surface area contributed by atoms with E-state index >= 15 is 0 Å². The lowest BCUT2D eigenvalue weighted by atomic mass is 10.1. The molecule has 3 heterocycles. The number of carbonyl (C=O) groups is 2. The molecule has 2 N–H and O–H groups in total. The van der Waals surface area contributed by atoms with Crippen molar-refractivity contribution in [2.45, 2.75) is 0 Å². The minimum absolute atomic E-state index is 0.320. The molecule has 130 valence electrons. The van der Waals surface area contributed by atoms with Crippen LogP contribution in [-0.2, 0) is 0 Å². The van der Waals surface area contributed by atoms with Crippen LogP contribution in [0.1, 0.15) is 20.7 Å². The quantitative estimate of drug-likeness (QED) is 0.539. The second-order valence-electron chi connectivity index (χ2n) is 5.89. The third-order valence-electron chi connectivity index (χ3n) is 4.26. The van der Waals surface area contributed by atoms with Gasteiger partial charge in [0.05, 0.1) is 17.3 Å². The number of hydrogen-bond donors (Lipinski definition) is 2. The molecule has 1 aliphatic rings. The molecule has 0 saturated heterocycles. The molecular weight excluding hydrogens is 346 g/mol. The molecule has 9 heteroatoms. The molecule has 0 saturated carbocycles. The van der Waals surface area contributed by atoms with Crippen LogP contribution in [0.4, 0.5) is 17.3 Å². The summed E-state index contributed by atoms with van der Waals surface area (Å²) in [6.07, 6.45) is 1.57. The number of para-hydroxylation sites is 1. The molecule has 2 aromatic heterocycles. The van der Waals surface area contributed by atoms with Gasteiger partial charge in [-0.25, -0.2) is 4.98 Å². The number of imide groups is 1. The van der Waals surface area contributed by atoms with E-state index in [0.717, 1.165) is 5.69 Å². The highest BCUT2D eigenvalue weighted by Gasteiger charge is 2.28. The van der Waals surface area contributed by atoms with Gasteiger partial charge >= 0.3 is 0 Å². The van der Waals surface area contributed by atoms with Gasteiger partial charge in [-0.1, -0.05) is 18.2 Å². The fraction of sp³-hybridized carbons (Fsp3) is 0. The summed E-state index contributed by atoms with van der Waals surface area (Å²) in [5, 5.41) is 12.8. The molecule has 0 unspecified atom stereocenters. The summed E-state index contributed by atoms with van der Waals surface area (Å²) in [6, 6.07) is 14.5. The Morgan fingerprint density at radius 2 is 1.67 bits per heavy atom. The van der Waals surface area contributed by atoms with Crippen LogP contribution in [0.15, 0.2) is 54.7 Å². The topological polar surface area (TPSA) is 117 Å². The van der Waals surface area contributed by atoms with Gasteiger partial charge in [0.15, 0.2) is 0 Å². The van der Waals surface area contributed by atoms with Crippen molar-refractivity contribution >= 4 is 40.3 Å². The predicted octanol–water partition coefficient (Wildman–Crippen LogP) is 2.10. The number of carbonyl (C=O) groups excluding carboxylic acids is 2. The Hall–Kier alpha value is -4.14. The van der Waals surface area contributed by atoms with Crippen molar-refractivity contribution < 1.29 is 9.59 Å². The minimum Gasteiger partial charge on any atom is -0.288 e. The third-order valence-corrected chi connectivity index (χ3v) is 4.26. The number of aromatic amines is 1. The van der Waals surface area contributed by atoms with Crippen LogP contribution in [0.25, 0.3) is 11.2 Å². The number of aromatic nitrogens is 5. The van der Waals surface area contributed by atoms with E-state index in [0.29, 0.717) is 33.9 Å². The van der Waals surface area contributed by atoms with Gasteiger partial charge in [-0.15, -0.1) is 5.10 Å². The van der Waals surface area contributed by atoms with E-state index in [1.54, 1.807) is 29.3 Å². The van der Waals surface area contributed by atoms with Gasteiger partial charge in [0.1, 0.15) is 5.52 Å². The Labute approximate surface area is 152 Å². The first-order chi connectivity index (χ1) is 13.2. The van der Waals surface area contributed by atoms with E-state index in [4.69, 9.17) is 0 Å². The van der Waals surface area contributed by atoms with Crippen LogP contribution in [0.3, 0.4) is 0 Å². The molecule has 9 nitrogen and oxygen atoms in total. The van der Waals surface area contributed by atoms with E-state index < -0.39 is 11.8 Å². The summed E-state index contributed by atoms with van der Waals surface area (Å²) in [4.78, 5) is 34.5. The molecule has 0 radical (unpaired) electrons. The van der Waals surface area contributed by atoms with E-state index in [-0.39, 0.29) is 0 Å². The summed E-state index contributed by atoms with van der Waals surface area (Å²) in [6.45, 7) is 0. The maximum Gasteiger partial charge on any atom is 0.259 e. The van der Waals surface area contributed by atoms with Gasteiger partial charge in [-0.3, -0.25) is 19.8 Å². The molecular formula is C18H11N7O2. The highest BCUT2D eigenvalue weighted by Crippen LogP contribution is 2.34. The van der Waals surface area contributed by atoms with Crippen molar-refractivity contribution in [3.05, 3.63) is 65.9 Å². The number of hydrogen-bond acceptors (Lipinski definition) is 7. The van der Waals surface area contributed by atoms with Crippen molar-refractivity contribution in [3.8, 4) is 0 Å². The van der Waals surface area contributed by atoms with Crippen molar-refractivity contribution in [1.29, 1.82) is 0 Å². The average molecular weight is 357 g/mol. The lowest BCUT2D eigenvalue weighted by molar-refractivity contribution is 0.0879. The lowest BCUT2D eigenvalue weighted by Crippen LogP contribution is -2.19. The maximum atomic E-state index is 12.1. The molecule has 0 aliphatic carbocycles. The van der Waals surface area contributed by atoms with Crippen molar-refractivity contribution in [2.24, 2.45) is 0 Å². The average Bonchev–Trinajstić information content (AvgIpc) is 3.27. The lowest BCUT2D eigenvalue weighted by Gasteiger charge is -2.23. The molecule has 1 aliphatic heterocycles. The second-order valence-corrected chi connectivity index (χ2v) is 5.89. The van der Waals surface area contributed by atoms with Crippen LogP contribution in [0, 0.1) is 0 Å². The van der Waals surface area contributed by atoms with Crippen LogP contribution in [-0.4, -0.2) is 37.2 Å². The van der Waals surface area contributed by atoms with Crippen molar-refractivity contribution in [2.75, 3.05) is 4.90 Å². The van der Waals surface area contributed by atoms with Gasteiger partial charge in [0, 0.05) is 11.4 Å². The number of benzene rings is 2. The van der Waals surface area contributed by atoms with Gasteiger partial charge in [-0.2, -0.15) is 15.3 Å². The summed E-state index contributed by atoms with van der Waals surface area (Å²) in [5.74, 6) is -0.446. The van der Waals surface area contributed by atoms with Gasteiger partial charge in [0.2, 0.25) is 11.6 Å². The third kappa shape index (κ3) is 2.41. The highest BCUT2D eigenvalue weighted by atomic mass is 16.2. The molecule has 0 fully saturated rings.